The van der Waals surface area contributed by atoms with Crippen LogP contribution in [0.2, 0.25) is 0 Å². The smallest absolute Gasteiger partial charge is 0.342 e. The largest absolute Gasteiger partial charge is 0.477 e. The van der Waals surface area contributed by atoms with Crippen LogP contribution >= 0.6 is 0 Å². The van der Waals surface area contributed by atoms with Gasteiger partial charge in [-0.15, -0.1) is 5.10 Å². The van der Waals surface area contributed by atoms with Gasteiger partial charge < -0.3 is 9.84 Å². The van der Waals surface area contributed by atoms with Gasteiger partial charge in [-0.1, -0.05) is 12.7 Å². The number of carboxylic acids is 1. The van der Waals surface area contributed by atoms with Gasteiger partial charge in [0.1, 0.15) is 12.2 Å². The van der Waals surface area contributed by atoms with Crippen molar-refractivity contribution in [2.75, 3.05) is 6.61 Å². The maximum Gasteiger partial charge on any atom is 0.342 e. The summed E-state index contributed by atoms with van der Waals surface area (Å²) in [5.41, 5.74) is 0.0596. The lowest BCUT2D eigenvalue weighted by Crippen LogP contribution is -2.01. The molecule has 5 nitrogen and oxygen atoms in total. The second-order valence-corrected chi connectivity index (χ2v) is 2.43. The maximum atomic E-state index is 10.6. The first-order valence-corrected chi connectivity index (χ1v) is 3.65. The Morgan fingerprint density at radius 1 is 1.92 bits per heavy atom. The Labute approximate surface area is 75.2 Å². The molecule has 0 aliphatic carbocycles. The zero-order valence-electron chi connectivity index (χ0n) is 7.23. The Morgan fingerprint density at radius 3 is 3.15 bits per heavy atom. The molecule has 0 saturated heterocycles. The molecule has 1 aromatic rings. The molecule has 1 N–H and O–H groups in total. The summed E-state index contributed by atoms with van der Waals surface area (Å²) in [7, 11) is 1.63. The zero-order valence-corrected chi connectivity index (χ0v) is 7.23. The van der Waals surface area contributed by atoms with E-state index in [1.54, 1.807) is 7.05 Å². The van der Waals surface area contributed by atoms with Crippen LogP contribution in [-0.4, -0.2) is 27.5 Å². The van der Waals surface area contributed by atoms with Gasteiger partial charge in [0.05, 0.1) is 0 Å². The molecule has 0 amide bonds. The third-order valence-electron chi connectivity index (χ3n) is 1.36. The molecule has 70 valence electrons. The van der Waals surface area contributed by atoms with Crippen LogP contribution < -0.4 is 4.74 Å². The number of aryl methyl sites for hydroxylation is 1. The predicted molar refractivity (Wildman–Crippen MR) is 45.9 cm³/mol. The van der Waals surface area contributed by atoms with Crippen molar-refractivity contribution < 1.29 is 14.6 Å². The number of nitrogens with zero attached hydrogens (tertiary/aromatic N) is 2. The van der Waals surface area contributed by atoms with Crippen molar-refractivity contribution in [3.63, 3.8) is 0 Å². The number of rotatable bonds is 4. The van der Waals surface area contributed by atoms with Gasteiger partial charge in [-0.25, -0.2) is 4.79 Å². The number of carbonyl (C=O) groups is 1. The Bertz CT molecular complexity index is 330. The summed E-state index contributed by atoms with van der Waals surface area (Å²) in [4.78, 5) is 10.6. The van der Waals surface area contributed by atoms with Crippen LogP contribution in [0.4, 0.5) is 0 Å². The quantitative estimate of drug-likeness (QED) is 0.695. The van der Waals surface area contributed by atoms with Crippen molar-refractivity contribution in [3.8, 4) is 5.88 Å². The summed E-state index contributed by atoms with van der Waals surface area (Å²) < 4.78 is 6.43. The Hall–Kier alpha value is -1.78. The van der Waals surface area contributed by atoms with Crippen molar-refractivity contribution in [1.82, 2.24) is 9.78 Å². The van der Waals surface area contributed by atoms with E-state index in [0.29, 0.717) is 0 Å². The van der Waals surface area contributed by atoms with E-state index in [2.05, 4.69) is 11.7 Å². The summed E-state index contributed by atoms with van der Waals surface area (Å²) in [5.74, 6) is -0.929. The third-order valence-corrected chi connectivity index (χ3v) is 1.36. The molecule has 1 heterocycles. The van der Waals surface area contributed by atoms with Crippen LogP contribution in [0, 0.1) is 0 Å². The molecular weight excluding hydrogens is 172 g/mol. The fraction of sp³-hybridized carbons (Fsp3) is 0.250. The lowest BCUT2D eigenvalue weighted by molar-refractivity contribution is 0.0692. The minimum absolute atomic E-state index is 0.0596. The number of hydrogen-bond acceptors (Lipinski definition) is 3. The fourth-order valence-corrected chi connectivity index (χ4v) is 0.859. The zero-order chi connectivity index (χ0) is 9.84. The molecule has 0 atom stereocenters. The van der Waals surface area contributed by atoms with E-state index in [1.807, 2.05) is 0 Å². The first-order chi connectivity index (χ1) is 6.15. The molecule has 0 spiro atoms. The van der Waals surface area contributed by atoms with Crippen LogP contribution in [0.15, 0.2) is 18.9 Å². The van der Waals surface area contributed by atoms with E-state index in [-0.39, 0.29) is 18.1 Å². The minimum atomic E-state index is -1.05. The molecule has 0 fully saturated rings. The highest BCUT2D eigenvalue weighted by atomic mass is 16.5. The lowest BCUT2D eigenvalue weighted by atomic mass is 10.3. The van der Waals surface area contributed by atoms with Gasteiger partial charge in [-0.2, -0.15) is 0 Å². The van der Waals surface area contributed by atoms with Gasteiger partial charge in [-0.05, 0) is 0 Å². The van der Waals surface area contributed by atoms with Gasteiger partial charge in [0.15, 0.2) is 0 Å². The molecule has 0 aliphatic rings. The molecule has 0 aliphatic heterocycles. The Kier molecular flexibility index (Phi) is 2.69. The van der Waals surface area contributed by atoms with Crippen molar-refractivity contribution >= 4 is 5.97 Å². The second-order valence-electron chi connectivity index (χ2n) is 2.43. The highest BCUT2D eigenvalue weighted by Crippen LogP contribution is 2.14. The summed E-state index contributed by atoms with van der Waals surface area (Å²) >= 11 is 0. The van der Waals surface area contributed by atoms with Crippen molar-refractivity contribution in [2.45, 2.75) is 0 Å². The monoisotopic (exact) mass is 182 g/mol. The average molecular weight is 182 g/mol. The van der Waals surface area contributed by atoms with E-state index in [0.717, 1.165) is 0 Å². The number of hydrogen-bond donors (Lipinski definition) is 1. The van der Waals surface area contributed by atoms with Crippen LogP contribution in [0.5, 0.6) is 5.88 Å². The van der Waals surface area contributed by atoms with Crippen LogP contribution in [0.1, 0.15) is 10.4 Å². The van der Waals surface area contributed by atoms with E-state index in [9.17, 15) is 4.79 Å². The predicted octanol–water partition coefficient (Wildman–Crippen LogP) is 0.683. The van der Waals surface area contributed by atoms with Crippen LogP contribution in [0.3, 0.4) is 0 Å². The molecule has 0 radical (unpaired) electrons. The summed E-state index contributed by atoms with van der Waals surface area (Å²) in [6, 6.07) is 0. The molecule has 1 aromatic heterocycles. The van der Waals surface area contributed by atoms with E-state index < -0.39 is 5.97 Å². The van der Waals surface area contributed by atoms with Crippen molar-refractivity contribution in [3.05, 3.63) is 24.4 Å². The Morgan fingerprint density at radius 2 is 2.62 bits per heavy atom. The normalized spacial score (nSPS) is 9.62. The number of aromatic nitrogens is 2. The molecule has 1 rings (SSSR count). The van der Waals surface area contributed by atoms with Crippen molar-refractivity contribution in [1.29, 1.82) is 0 Å². The second kappa shape index (κ2) is 3.75. The van der Waals surface area contributed by atoms with Gasteiger partial charge >= 0.3 is 5.97 Å². The SMILES string of the molecule is C=CCOc1nn(C)cc1C(=O)O. The highest BCUT2D eigenvalue weighted by Gasteiger charge is 2.14. The van der Waals surface area contributed by atoms with Gasteiger partial charge in [0.25, 0.3) is 0 Å². The van der Waals surface area contributed by atoms with Crippen LogP contribution in [-0.2, 0) is 7.05 Å². The lowest BCUT2D eigenvalue weighted by Gasteiger charge is -1.98. The minimum Gasteiger partial charge on any atom is -0.477 e. The summed E-state index contributed by atoms with van der Waals surface area (Å²) in [5, 5.41) is 12.6. The molecular formula is C8H10N2O3. The average Bonchev–Trinajstić information content (AvgIpc) is 2.43. The third kappa shape index (κ3) is 2.08. The number of aromatic carboxylic acids is 1. The van der Waals surface area contributed by atoms with Crippen LogP contribution in [0.25, 0.3) is 0 Å². The van der Waals surface area contributed by atoms with Gasteiger partial charge in [-0.3, -0.25) is 4.68 Å². The first kappa shape index (κ1) is 9.31. The summed E-state index contributed by atoms with van der Waals surface area (Å²) in [6.07, 6.45) is 2.92. The molecule has 0 saturated carbocycles. The molecule has 0 bridgehead atoms. The topological polar surface area (TPSA) is 64.4 Å². The highest BCUT2D eigenvalue weighted by molar-refractivity contribution is 5.89. The molecule has 5 heteroatoms. The number of ether oxygens (including phenoxy) is 1. The molecule has 0 unspecified atom stereocenters. The maximum absolute atomic E-state index is 10.6. The van der Waals surface area contributed by atoms with E-state index in [1.165, 1.54) is 17.0 Å². The van der Waals surface area contributed by atoms with Gasteiger partial charge in [0.2, 0.25) is 5.88 Å². The van der Waals surface area contributed by atoms with E-state index in [4.69, 9.17) is 9.84 Å². The standard InChI is InChI=1S/C8H10N2O3/c1-3-4-13-7-6(8(11)12)5-10(2)9-7/h3,5H,1,4H2,2H3,(H,11,12). The summed E-state index contributed by atoms with van der Waals surface area (Å²) in [6.45, 7) is 3.70. The first-order valence-electron chi connectivity index (χ1n) is 3.65. The fourth-order valence-electron chi connectivity index (χ4n) is 0.859. The van der Waals surface area contributed by atoms with Crippen molar-refractivity contribution in [2.24, 2.45) is 7.05 Å². The number of carboxylic acid groups (broad SMARTS) is 1. The molecule has 13 heavy (non-hydrogen) atoms. The Balaban J connectivity index is 2.90. The van der Waals surface area contributed by atoms with E-state index >= 15 is 0 Å². The molecule has 0 aromatic carbocycles. The van der Waals surface area contributed by atoms with Gasteiger partial charge in [0, 0.05) is 13.2 Å².